The lowest BCUT2D eigenvalue weighted by molar-refractivity contribution is 0.457. The number of nitrogens with one attached hydrogen (secondary N) is 2. The third-order valence-electron chi connectivity index (χ3n) is 5.30. The van der Waals surface area contributed by atoms with Gasteiger partial charge in [-0.05, 0) is 29.3 Å². The summed E-state index contributed by atoms with van der Waals surface area (Å²) >= 11 is 0. The van der Waals surface area contributed by atoms with Crippen LogP contribution < -0.4 is 5.73 Å². The van der Waals surface area contributed by atoms with Crippen molar-refractivity contribution in [3.8, 4) is 17.1 Å². The van der Waals surface area contributed by atoms with Crippen molar-refractivity contribution < 1.29 is 5.11 Å². The number of rotatable bonds is 5. The Morgan fingerprint density at radius 3 is 2.45 bits per heavy atom. The molecule has 6 heteroatoms. The maximum atomic E-state index is 10.7. The molecule has 0 fully saturated rings. The lowest BCUT2D eigenvalue weighted by Crippen LogP contribution is -2.04. The first-order chi connectivity index (χ1) is 15.2. The summed E-state index contributed by atoms with van der Waals surface area (Å²) in [6.07, 6.45) is 3.44. The molecule has 0 aliphatic carbocycles. The molecule has 0 radical (unpaired) electrons. The Bertz CT molecular complexity index is 1350. The molecule has 6 nitrogen and oxygen atoms in total. The summed E-state index contributed by atoms with van der Waals surface area (Å²) in [6, 6.07) is 23.6. The fraction of sp³-hybridized carbons (Fsp3) is 0.0400. The van der Waals surface area contributed by atoms with Gasteiger partial charge < -0.3 is 20.8 Å². The van der Waals surface area contributed by atoms with Crippen molar-refractivity contribution in [1.82, 2.24) is 15.0 Å². The van der Waals surface area contributed by atoms with Gasteiger partial charge in [0.25, 0.3) is 0 Å². The highest BCUT2D eigenvalue weighted by molar-refractivity contribution is 6.21. The van der Waals surface area contributed by atoms with Crippen LogP contribution in [0.3, 0.4) is 0 Å². The van der Waals surface area contributed by atoms with Crippen LogP contribution >= 0.6 is 0 Å². The molecule has 5 N–H and O–H groups in total. The van der Waals surface area contributed by atoms with E-state index in [-0.39, 0.29) is 5.88 Å². The van der Waals surface area contributed by atoms with Crippen LogP contribution in [0, 0.1) is 0 Å². The number of nitrogens with two attached hydrogens (primary N) is 1. The van der Waals surface area contributed by atoms with Gasteiger partial charge in [0.2, 0.25) is 0 Å². The number of benzene rings is 3. The molecule has 0 aliphatic rings. The van der Waals surface area contributed by atoms with Gasteiger partial charge in [0, 0.05) is 23.0 Å². The number of para-hydroxylation sites is 1. The van der Waals surface area contributed by atoms with Gasteiger partial charge in [-0.2, -0.15) is 0 Å². The Morgan fingerprint density at radius 1 is 0.968 bits per heavy atom. The minimum atomic E-state index is 0.0944. The van der Waals surface area contributed by atoms with Crippen LogP contribution in [0.25, 0.3) is 22.2 Å². The van der Waals surface area contributed by atoms with Crippen molar-refractivity contribution in [1.29, 1.82) is 0 Å². The Hall–Kier alpha value is -4.16. The molecular weight excluding hydrogens is 386 g/mol. The average molecular weight is 407 g/mol. The fourth-order valence-corrected chi connectivity index (χ4v) is 3.69. The molecule has 0 bridgehead atoms. The molecule has 0 saturated carbocycles. The molecule has 0 amide bonds. The molecule has 2 heterocycles. The van der Waals surface area contributed by atoms with E-state index < -0.39 is 0 Å². The van der Waals surface area contributed by atoms with Gasteiger partial charge in [-0.15, -0.1) is 0 Å². The second kappa shape index (κ2) is 7.93. The van der Waals surface area contributed by atoms with Crippen LogP contribution in [0.1, 0.15) is 16.7 Å². The standard InChI is InChI=1S/C25H21N5O/c26-13-16-5-7-18(8-6-16)24(23-20-3-1-2-4-21(20)30-25(23)31)29-19-11-9-17(10-12-19)22-14-27-15-28-22/h1-12,14-15,30-31H,13,26H2,(H,27,28). The van der Waals surface area contributed by atoms with Gasteiger partial charge in [-0.1, -0.05) is 54.6 Å². The van der Waals surface area contributed by atoms with Gasteiger partial charge in [0.05, 0.1) is 35.2 Å². The Morgan fingerprint density at radius 2 is 1.74 bits per heavy atom. The lowest BCUT2D eigenvalue weighted by atomic mass is 9.99. The van der Waals surface area contributed by atoms with Gasteiger partial charge in [-0.25, -0.2) is 9.98 Å². The molecule has 31 heavy (non-hydrogen) atoms. The largest absolute Gasteiger partial charge is 0.494 e. The summed E-state index contributed by atoms with van der Waals surface area (Å²) in [5.74, 6) is 0.0944. The number of fused-ring (bicyclic) bond motifs is 1. The number of H-pyrrole nitrogens is 2. The molecule has 0 aliphatic heterocycles. The SMILES string of the molecule is NCc1ccc(C(=Nc2ccc(-c3cnc[nH]3)cc2)c2c(O)[nH]c3ccccc23)cc1. The summed E-state index contributed by atoms with van der Waals surface area (Å²) in [6.45, 7) is 0.472. The van der Waals surface area contributed by atoms with Gasteiger partial charge in [0.15, 0.2) is 5.88 Å². The smallest absolute Gasteiger partial charge is 0.199 e. The Labute approximate surface area is 179 Å². The molecular formula is C25H21N5O. The van der Waals surface area contributed by atoms with Crippen molar-refractivity contribution in [2.24, 2.45) is 10.7 Å². The first-order valence-electron chi connectivity index (χ1n) is 10.00. The van der Waals surface area contributed by atoms with E-state index in [4.69, 9.17) is 10.7 Å². The maximum Gasteiger partial charge on any atom is 0.199 e. The lowest BCUT2D eigenvalue weighted by Gasteiger charge is -2.09. The van der Waals surface area contributed by atoms with E-state index in [2.05, 4.69) is 15.0 Å². The van der Waals surface area contributed by atoms with Crippen molar-refractivity contribution in [3.05, 3.63) is 102 Å². The molecule has 5 rings (SSSR count). The topological polar surface area (TPSA) is 103 Å². The zero-order chi connectivity index (χ0) is 21.2. The van der Waals surface area contributed by atoms with Crippen LogP contribution in [0.2, 0.25) is 0 Å². The summed E-state index contributed by atoms with van der Waals surface area (Å²) in [5.41, 5.74) is 12.7. The first-order valence-corrected chi connectivity index (χ1v) is 10.00. The first kappa shape index (κ1) is 18.8. The highest BCUT2D eigenvalue weighted by Crippen LogP contribution is 2.32. The number of aromatic nitrogens is 3. The number of hydrogen-bond acceptors (Lipinski definition) is 4. The minimum absolute atomic E-state index is 0.0944. The molecule has 3 aromatic carbocycles. The number of aromatic hydroxyl groups is 1. The predicted octanol–water partition coefficient (Wildman–Crippen LogP) is 4.89. The van der Waals surface area contributed by atoms with Crippen LogP contribution in [-0.4, -0.2) is 25.8 Å². The average Bonchev–Trinajstić information content (AvgIpc) is 3.46. The van der Waals surface area contributed by atoms with E-state index in [1.807, 2.05) is 72.8 Å². The van der Waals surface area contributed by atoms with Crippen LogP contribution in [0.5, 0.6) is 5.88 Å². The zero-order valence-corrected chi connectivity index (χ0v) is 16.7. The summed E-state index contributed by atoms with van der Waals surface area (Å²) < 4.78 is 0. The highest BCUT2D eigenvalue weighted by atomic mass is 16.3. The van der Waals surface area contributed by atoms with E-state index in [9.17, 15) is 5.11 Å². The molecule has 0 atom stereocenters. The maximum absolute atomic E-state index is 10.7. The third kappa shape index (κ3) is 3.60. The summed E-state index contributed by atoms with van der Waals surface area (Å²) in [4.78, 5) is 15.2. The van der Waals surface area contributed by atoms with E-state index in [1.54, 1.807) is 12.5 Å². The fourth-order valence-electron chi connectivity index (χ4n) is 3.69. The summed E-state index contributed by atoms with van der Waals surface area (Å²) in [5, 5.41) is 11.7. The van der Waals surface area contributed by atoms with Crippen molar-refractivity contribution >= 4 is 22.3 Å². The number of nitrogens with zero attached hydrogens (tertiary/aromatic N) is 2. The minimum Gasteiger partial charge on any atom is -0.494 e. The molecule has 0 unspecified atom stereocenters. The predicted molar refractivity (Wildman–Crippen MR) is 124 cm³/mol. The van der Waals surface area contributed by atoms with E-state index >= 15 is 0 Å². The molecule has 0 spiro atoms. The van der Waals surface area contributed by atoms with E-state index in [0.29, 0.717) is 17.8 Å². The number of imidazole rings is 1. The molecule has 2 aromatic heterocycles. The van der Waals surface area contributed by atoms with Crippen LogP contribution in [-0.2, 0) is 6.54 Å². The van der Waals surface area contributed by atoms with Crippen LogP contribution in [0.4, 0.5) is 5.69 Å². The second-order valence-corrected chi connectivity index (χ2v) is 7.27. The van der Waals surface area contributed by atoms with Gasteiger partial charge in [0.1, 0.15) is 0 Å². The van der Waals surface area contributed by atoms with E-state index in [0.717, 1.165) is 39.0 Å². The highest BCUT2D eigenvalue weighted by Gasteiger charge is 2.18. The third-order valence-corrected chi connectivity index (χ3v) is 5.30. The molecule has 152 valence electrons. The Balaban J connectivity index is 1.65. The molecule has 5 aromatic rings. The van der Waals surface area contributed by atoms with Crippen molar-refractivity contribution in [3.63, 3.8) is 0 Å². The quantitative estimate of drug-likeness (QED) is 0.312. The monoisotopic (exact) mass is 407 g/mol. The van der Waals surface area contributed by atoms with E-state index in [1.165, 1.54) is 0 Å². The number of aromatic amines is 2. The summed E-state index contributed by atoms with van der Waals surface area (Å²) in [7, 11) is 0. The van der Waals surface area contributed by atoms with Crippen molar-refractivity contribution in [2.45, 2.75) is 6.54 Å². The number of hydrogen-bond donors (Lipinski definition) is 4. The molecule has 0 saturated heterocycles. The van der Waals surface area contributed by atoms with Gasteiger partial charge >= 0.3 is 0 Å². The Kier molecular flexibility index (Phi) is 4.82. The van der Waals surface area contributed by atoms with Crippen molar-refractivity contribution in [2.75, 3.05) is 0 Å². The van der Waals surface area contributed by atoms with Gasteiger partial charge in [-0.3, -0.25) is 0 Å². The number of aliphatic imine (C=N–C) groups is 1. The zero-order valence-electron chi connectivity index (χ0n) is 16.7. The van der Waals surface area contributed by atoms with Crippen LogP contribution in [0.15, 0.2) is 90.3 Å². The second-order valence-electron chi connectivity index (χ2n) is 7.27. The normalized spacial score (nSPS) is 11.8.